The molecule has 140 valence electrons. The van der Waals surface area contributed by atoms with E-state index in [2.05, 4.69) is 6.58 Å². The molecule has 1 saturated carbocycles. The molecule has 0 aromatic heterocycles. The van der Waals surface area contributed by atoms with Gasteiger partial charge in [0, 0.05) is 28.9 Å². The third-order valence-electron chi connectivity index (χ3n) is 6.01. The van der Waals surface area contributed by atoms with Crippen LogP contribution < -0.4 is 0 Å². The summed E-state index contributed by atoms with van der Waals surface area (Å²) in [6, 6.07) is 0. The van der Waals surface area contributed by atoms with Crippen LogP contribution in [0.3, 0.4) is 0 Å². The highest BCUT2D eigenvalue weighted by atomic mass is 16.6. The third kappa shape index (κ3) is 2.63. The Morgan fingerprint density at radius 3 is 2.58 bits per heavy atom. The average molecular weight is 360 g/mol. The minimum atomic E-state index is -1.17. The van der Waals surface area contributed by atoms with Gasteiger partial charge in [-0.3, -0.25) is 4.79 Å². The largest absolute Gasteiger partial charge is 0.458 e. The number of hydrogen-bond donors (Lipinski definition) is 1. The normalized spacial score (nSPS) is 39.7. The smallest absolute Gasteiger partial charge is 0.334 e. The summed E-state index contributed by atoms with van der Waals surface area (Å²) in [6.45, 7) is 10.7. The van der Waals surface area contributed by atoms with Gasteiger partial charge in [-0.05, 0) is 26.8 Å². The van der Waals surface area contributed by atoms with E-state index in [9.17, 15) is 19.5 Å². The van der Waals surface area contributed by atoms with Crippen molar-refractivity contribution in [3.63, 3.8) is 0 Å². The summed E-state index contributed by atoms with van der Waals surface area (Å²) in [4.78, 5) is 37.0. The van der Waals surface area contributed by atoms with Crippen LogP contribution in [-0.4, -0.2) is 41.1 Å². The third-order valence-corrected chi connectivity index (χ3v) is 6.01. The molecule has 2 fully saturated rings. The van der Waals surface area contributed by atoms with E-state index in [1.807, 2.05) is 6.92 Å². The van der Waals surface area contributed by atoms with Crippen LogP contribution in [0.4, 0.5) is 0 Å². The van der Waals surface area contributed by atoms with Crippen molar-refractivity contribution in [3.05, 3.63) is 35.5 Å². The maximum atomic E-state index is 12.6. The summed E-state index contributed by atoms with van der Waals surface area (Å²) < 4.78 is 11.1. The summed E-state index contributed by atoms with van der Waals surface area (Å²) >= 11 is 0. The summed E-state index contributed by atoms with van der Waals surface area (Å²) in [7, 11) is 0. The molecule has 6 nitrogen and oxygen atoms in total. The fourth-order valence-corrected chi connectivity index (χ4v) is 4.46. The molecule has 0 spiro atoms. The second-order valence-electron chi connectivity index (χ2n) is 7.45. The summed E-state index contributed by atoms with van der Waals surface area (Å²) in [5.74, 6) is -3.21. The first-order valence-corrected chi connectivity index (χ1v) is 8.82. The van der Waals surface area contributed by atoms with E-state index in [1.54, 1.807) is 32.9 Å². The molecule has 1 saturated heterocycles. The van der Waals surface area contributed by atoms with Crippen LogP contribution in [0.5, 0.6) is 0 Å². The van der Waals surface area contributed by atoms with Gasteiger partial charge in [0.15, 0.2) is 5.78 Å². The minimum absolute atomic E-state index is 0.0924. The van der Waals surface area contributed by atoms with Gasteiger partial charge in [0.25, 0.3) is 0 Å². The molecule has 0 radical (unpaired) electrons. The highest BCUT2D eigenvalue weighted by Gasteiger charge is 2.59. The Morgan fingerprint density at radius 2 is 1.96 bits per heavy atom. The summed E-state index contributed by atoms with van der Waals surface area (Å²) in [6.07, 6.45) is 0.399. The van der Waals surface area contributed by atoms with E-state index < -0.39 is 48.0 Å². The zero-order valence-corrected chi connectivity index (χ0v) is 15.4. The molecule has 1 aliphatic heterocycles. The molecule has 0 bridgehead atoms. The molecule has 2 aliphatic carbocycles. The lowest BCUT2D eigenvalue weighted by Crippen LogP contribution is -2.43. The number of ether oxygens (including phenoxy) is 2. The van der Waals surface area contributed by atoms with Crippen molar-refractivity contribution in [3.8, 4) is 0 Å². The number of hydrogen-bond acceptors (Lipinski definition) is 6. The van der Waals surface area contributed by atoms with Crippen LogP contribution >= 0.6 is 0 Å². The first-order valence-electron chi connectivity index (χ1n) is 8.82. The lowest BCUT2D eigenvalue weighted by atomic mass is 9.78. The maximum absolute atomic E-state index is 12.6. The fraction of sp³-hybridized carbons (Fsp3) is 0.550. The van der Waals surface area contributed by atoms with Crippen molar-refractivity contribution in [2.24, 2.45) is 23.7 Å². The lowest BCUT2D eigenvalue weighted by molar-refractivity contribution is -0.158. The number of aliphatic hydroxyl groups is 1. The molecule has 6 heteroatoms. The predicted molar refractivity (Wildman–Crippen MR) is 92.7 cm³/mol. The molecular formula is C20H24O6. The van der Waals surface area contributed by atoms with Crippen LogP contribution in [0.15, 0.2) is 35.5 Å². The number of ketones is 1. The van der Waals surface area contributed by atoms with Crippen LogP contribution in [0.2, 0.25) is 0 Å². The number of rotatable bonds is 2. The van der Waals surface area contributed by atoms with E-state index in [1.165, 1.54) is 0 Å². The Balaban J connectivity index is 2.04. The van der Waals surface area contributed by atoms with E-state index in [0.717, 1.165) is 5.57 Å². The molecule has 7 atom stereocenters. The van der Waals surface area contributed by atoms with Crippen LogP contribution in [0.25, 0.3) is 0 Å². The number of esters is 2. The van der Waals surface area contributed by atoms with E-state index >= 15 is 0 Å². The quantitative estimate of drug-likeness (QED) is 0.596. The second-order valence-corrected chi connectivity index (χ2v) is 7.45. The fourth-order valence-electron chi connectivity index (χ4n) is 4.46. The Labute approximate surface area is 152 Å². The van der Waals surface area contributed by atoms with Crippen molar-refractivity contribution in [2.75, 3.05) is 0 Å². The Kier molecular flexibility index (Phi) is 4.65. The average Bonchev–Trinajstić information content (AvgIpc) is 3.02. The van der Waals surface area contributed by atoms with Crippen molar-refractivity contribution in [1.29, 1.82) is 0 Å². The molecule has 0 aromatic carbocycles. The first-order chi connectivity index (χ1) is 12.2. The molecule has 0 aromatic rings. The van der Waals surface area contributed by atoms with E-state index in [0.29, 0.717) is 5.57 Å². The van der Waals surface area contributed by atoms with Crippen LogP contribution in [0.1, 0.15) is 27.7 Å². The van der Waals surface area contributed by atoms with E-state index in [-0.39, 0.29) is 17.3 Å². The zero-order valence-electron chi connectivity index (χ0n) is 15.4. The molecule has 1 heterocycles. The molecule has 0 amide bonds. The standard InChI is InChI=1S/C20H24O6/c1-6-8(2)19(23)25-17-10(4)14-12(21)7-9(3)13(14)18-15(16(17)22)11(5)20(24)26-18/h6-7,10,13-18,22H,5H2,1-4H3/b8-6-/t10-,13+,14-,15-,16-,17-,18-/m1/s1. The van der Waals surface area contributed by atoms with Crippen LogP contribution in [0, 0.1) is 23.7 Å². The molecule has 3 rings (SSSR count). The Bertz CT molecular complexity index is 745. The number of fused-ring (bicyclic) bond motifs is 3. The summed E-state index contributed by atoms with van der Waals surface area (Å²) in [5.41, 5.74) is 1.38. The molecule has 1 N–H and O–H groups in total. The van der Waals surface area contributed by atoms with Crippen molar-refractivity contribution < 1.29 is 29.0 Å². The molecule has 0 unspecified atom stereocenters. The molecule has 26 heavy (non-hydrogen) atoms. The van der Waals surface area contributed by atoms with Gasteiger partial charge in [0.05, 0.1) is 5.92 Å². The van der Waals surface area contributed by atoms with Gasteiger partial charge in [0.1, 0.15) is 18.3 Å². The first kappa shape index (κ1) is 18.6. The van der Waals surface area contributed by atoms with E-state index in [4.69, 9.17) is 9.47 Å². The van der Waals surface area contributed by atoms with Gasteiger partial charge < -0.3 is 14.6 Å². The van der Waals surface area contributed by atoms with Gasteiger partial charge in [0.2, 0.25) is 0 Å². The highest BCUT2D eigenvalue weighted by molar-refractivity contribution is 5.97. The van der Waals surface area contributed by atoms with Gasteiger partial charge in [-0.2, -0.15) is 0 Å². The number of carbonyl (C=O) groups excluding carboxylic acids is 3. The molecular weight excluding hydrogens is 336 g/mol. The predicted octanol–water partition coefficient (Wildman–Crippen LogP) is 1.73. The summed E-state index contributed by atoms with van der Waals surface area (Å²) in [5, 5.41) is 11.0. The molecule has 3 aliphatic rings. The highest BCUT2D eigenvalue weighted by Crippen LogP contribution is 2.50. The topological polar surface area (TPSA) is 89.9 Å². The van der Waals surface area contributed by atoms with Crippen LogP contribution in [-0.2, 0) is 23.9 Å². The number of allylic oxidation sites excluding steroid dienone is 2. The monoisotopic (exact) mass is 360 g/mol. The zero-order chi connectivity index (χ0) is 19.3. The maximum Gasteiger partial charge on any atom is 0.334 e. The van der Waals surface area contributed by atoms with Gasteiger partial charge >= 0.3 is 11.9 Å². The van der Waals surface area contributed by atoms with Gasteiger partial charge in [-0.25, -0.2) is 9.59 Å². The van der Waals surface area contributed by atoms with Crippen molar-refractivity contribution >= 4 is 17.7 Å². The Morgan fingerprint density at radius 1 is 1.31 bits per heavy atom. The Hall–Kier alpha value is -2.21. The number of carbonyl (C=O) groups is 3. The van der Waals surface area contributed by atoms with Crippen molar-refractivity contribution in [1.82, 2.24) is 0 Å². The number of aliphatic hydroxyl groups excluding tert-OH is 1. The lowest BCUT2D eigenvalue weighted by Gasteiger charge is -2.31. The minimum Gasteiger partial charge on any atom is -0.458 e. The van der Waals surface area contributed by atoms with Gasteiger partial charge in [-0.15, -0.1) is 0 Å². The van der Waals surface area contributed by atoms with Gasteiger partial charge in [-0.1, -0.05) is 25.2 Å². The van der Waals surface area contributed by atoms with Crippen molar-refractivity contribution in [2.45, 2.75) is 46.0 Å². The second kappa shape index (κ2) is 6.50. The SMILES string of the molecule is C=C1C(=O)O[C@H]2[C@H]1[C@@H](O)[C@H](OC(=O)/C(C)=C\C)[C@H](C)[C@@H]1C(=O)C=C(C)[C@H]21.